The van der Waals surface area contributed by atoms with Crippen molar-refractivity contribution in [3.05, 3.63) is 45.1 Å². The van der Waals surface area contributed by atoms with Gasteiger partial charge in [0.25, 0.3) is 5.89 Å². The van der Waals surface area contributed by atoms with Crippen LogP contribution in [0.3, 0.4) is 0 Å². The molecule has 0 radical (unpaired) electrons. The van der Waals surface area contributed by atoms with Crippen molar-refractivity contribution in [2.45, 2.75) is 18.8 Å². The minimum atomic E-state index is -0.501. The summed E-state index contributed by atoms with van der Waals surface area (Å²) in [7, 11) is 1.55. The fourth-order valence-corrected chi connectivity index (χ4v) is 2.53. The SMILES string of the molecule is Cn1nc(-c2cc(C3CC3)n(-c3ccc(Br)cn3)n2)oc1=O. The standard InChI is InChI=1S/C14H12BrN5O2/c1-19-14(21)22-13(18-19)10-6-11(8-2-3-8)20(17-10)12-5-4-9(15)7-16-12/h4-8H,2-3H2,1H3. The van der Waals surface area contributed by atoms with Gasteiger partial charge in [0.2, 0.25) is 0 Å². The van der Waals surface area contributed by atoms with Crippen LogP contribution in [0.4, 0.5) is 0 Å². The zero-order chi connectivity index (χ0) is 15.3. The molecule has 8 heteroatoms. The maximum absolute atomic E-state index is 11.4. The maximum atomic E-state index is 11.4. The molecule has 0 N–H and O–H groups in total. The van der Waals surface area contributed by atoms with Crippen LogP contribution in [0.5, 0.6) is 0 Å². The Labute approximate surface area is 133 Å². The van der Waals surface area contributed by atoms with Crippen LogP contribution in [0, 0.1) is 0 Å². The van der Waals surface area contributed by atoms with Gasteiger partial charge in [0.1, 0.15) is 0 Å². The highest BCUT2D eigenvalue weighted by molar-refractivity contribution is 9.10. The Morgan fingerprint density at radius 1 is 1.32 bits per heavy atom. The predicted octanol–water partition coefficient (Wildman–Crippen LogP) is 2.26. The van der Waals surface area contributed by atoms with Crippen LogP contribution in [0.15, 0.2) is 38.1 Å². The van der Waals surface area contributed by atoms with Crippen LogP contribution >= 0.6 is 15.9 Å². The Bertz CT molecular complexity index is 889. The maximum Gasteiger partial charge on any atom is 0.437 e. The van der Waals surface area contributed by atoms with E-state index in [0.29, 0.717) is 11.6 Å². The van der Waals surface area contributed by atoms with Gasteiger partial charge in [0.05, 0.1) is 0 Å². The number of hydrogen-bond donors (Lipinski definition) is 0. The lowest BCUT2D eigenvalue weighted by atomic mass is 10.2. The molecule has 0 aromatic carbocycles. The molecule has 0 unspecified atom stereocenters. The van der Waals surface area contributed by atoms with Gasteiger partial charge in [-0.1, -0.05) is 0 Å². The third kappa shape index (κ3) is 2.29. The summed E-state index contributed by atoms with van der Waals surface area (Å²) in [6.07, 6.45) is 4.00. The quantitative estimate of drug-likeness (QED) is 0.714. The molecule has 3 aromatic rings. The van der Waals surface area contributed by atoms with E-state index >= 15 is 0 Å². The zero-order valence-corrected chi connectivity index (χ0v) is 13.3. The monoisotopic (exact) mass is 361 g/mol. The Balaban J connectivity index is 1.83. The zero-order valence-electron chi connectivity index (χ0n) is 11.7. The minimum absolute atomic E-state index is 0.227. The first-order chi connectivity index (χ1) is 10.6. The highest BCUT2D eigenvalue weighted by atomic mass is 79.9. The average molecular weight is 362 g/mol. The smallest absolute Gasteiger partial charge is 0.386 e. The van der Waals surface area contributed by atoms with Crippen LogP contribution in [0.2, 0.25) is 0 Å². The summed E-state index contributed by atoms with van der Waals surface area (Å²) in [6.45, 7) is 0. The molecule has 112 valence electrons. The molecule has 7 nitrogen and oxygen atoms in total. The van der Waals surface area contributed by atoms with Crippen molar-refractivity contribution in [1.29, 1.82) is 0 Å². The highest BCUT2D eigenvalue weighted by Gasteiger charge is 2.30. The summed E-state index contributed by atoms with van der Waals surface area (Å²) in [5.74, 6) is 0.932. The van der Waals surface area contributed by atoms with Crippen LogP contribution in [-0.2, 0) is 7.05 Å². The largest absolute Gasteiger partial charge is 0.437 e. The average Bonchev–Trinajstić information content (AvgIpc) is 3.17. The number of hydrogen-bond acceptors (Lipinski definition) is 5. The van der Waals surface area contributed by atoms with E-state index < -0.39 is 5.76 Å². The molecule has 0 amide bonds. The number of halogens is 1. The number of aryl methyl sites for hydroxylation is 1. The van der Waals surface area contributed by atoms with Crippen molar-refractivity contribution in [1.82, 2.24) is 24.5 Å². The second-order valence-corrected chi connectivity index (χ2v) is 6.19. The molecule has 0 saturated heterocycles. The van der Waals surface area contributed by atoms with Crippen molar-refractivity contribution < 1.29 is 4.42 Å². The van der Waals surface area contributed by atoms with Crippen molar-refractivity contribution in [3.63, 3.8) is 0 Å². The van der Waals surface area contributed by atoms with Gasteiger partial charge in [-0.3, -0.25) is 0 Å². The molecule has 3 heterocycles. The predicted molar refractivity (Wildman–Crippen MR) is 81.8 cm³/mol. The van der Waals surface area contributed by atoms with Crippen molar-refractivity contribution in [3.8, 4) is 17.4 Å². The summed E-state index contributed by atoms with van der Waals surface area (Å²) in [4.78, 5) is 15.8. The molecule has 0 spiro atoms. The molecule has 0 aliphatic heterocycles. The van der Waals surface area contributed by atoms with E-state index in [1.165, 1.54) is 0 Å². The number of pyridine rings is 1. The van der Waals surface area contributed by atoms with Gasteiger partial charge < -0.3 is 4.42 Å². The Morgan fingerprint density at radius 2 is 2.14 bits per heavy atom. The van der Waals surface area contributed by atoms with Gasteiger partial charge in [0.15, 0.2) is 11.5 Å². The van der Waals surface area contributed by atoms with Crippen molar-refractivity contribution >= 4 is 15.9 Å². The molecular formula is C14H12BrN5O2. The summed E-state index contributed by atoms with van der Waals surface area (Å²) in [6, 6.07) is 5.73. The Kier molecular flexibility index (Phi) is 3.00. The highest BCUT2D eigenvalue weighted by Crippen LogP contribution is 2.41. The summed E-state index contributed by atoms with van der Waals surface area (Å²) >= 11 is 3.38. The molecule has 1 aliphatic rings. The summed E-state index contributed by atoms with van der Waals surface area (Å²) in [5.41, 5.74) is 1.61. The van der Waals surface area contributed by atoms with Gasteiger partial charge in [-0.25, -0.2) is 14.5 Å². The molecular weight excluding hydrogens is 350 g/mol. The van der Waals surface area contributed by atoms with Crippen LogP contribution in [0.25, 0.3) is 17.4 Å². The van der Waals surface area contributed by atoms with Crippen molar-refractivity contribution in [2.75, 3.05) is 0 Å². The molecule has 0 atom stereocenters. The third-order valence-electron chi connectivity index (χ3n) is 3.57. The van der Waals surface area contributed by atoms with E-state index in [2.05, 4.69) is 31.1 Å². The number of nitrogens with zero attached hydrogens (tertiary/aromatic N) is 5. The van der Waals surface area contributed by atoms with E-state index in [0.717, 1.165) is 33.5 Å². The van der Waals surface area contributed by atoms with Gasteiger partial charge in [-0.05, 0) is 47.0 Å². The topological polar surface area (TPSA) is 78.7 Å². The Morgan fingerprint density at radius 3 is 2.73 bits per heavy atom. The number of rotatable bonds is 3. The first-order valence-electron chi connectivity index (χ1n) is 6.88. The summed E-state index contributed by atoms with van der Waals surface area (Å²) in [5, 5.41) is 8.58. The molecule has 3 aromatic heterocycles. The first-order valence-corrected chi connectivity index (χ1v) is 7.67. The minimum Gasteiger partial charge on any atom is -0.386 e. The summed E-state index contributed by atoms with van der Waals surface area (Å²) < 4.78 is 8.98. The Hall–Kier alpha value is -2.22. The lowest BCUT2D eigenvalue weighted by Gasteiger charge is -2.04. The van der Waals surface area contributed by atoms with E-state index in [1.54, 1.807) is 17.9 Å². The lowest BCUT2D eigenvalue weighted by molar-refractivity contribution is 0.503. The molecule has 4 rings (SSSR count). The molecule has 1 saturated carbocycles. The van der Waals surface area contributed by atoms with Gasteiger partial charge in [-0.2, -0.15) is 9.78 Å². The molecule has 22 heavy (non-hydrogen) atoms. The lowest BCUT2D eigenvalue weighted by Crippen LogP contribution is -2.09. The van der Waals surface area contributed by atoms with E-state index in [-0.39, 0.29) is 5.89 Å². The fourth-order valence-electron chi connectivity index (χ4n) is 2.30. The molecule has 1 fully saturated rings. The third-order valence-corrected chi connectivity index (χ3v) is 4.04. The van der Waals surface area contributed by atoms with Crippen molar-refractivity contribution in [2.24, 2.45) is 7.05 Å². The van der Waals surface area contributed by atoms with E-state index in [9.17, 15) is 4.79 Å². The van der Waals surface area contributed by atoms with Crippen LogP contribution in [0.1, 0.15) is 24.5 Å². The van der Waals surface area contributed by atoms with Crippen LogP contribution < -0.4 is 5.76 Å². The first kappa shape index (κ1) is 13.4. The van der Waals surface area contributed by atoms with E-state index in [4.69, 9.17) is 4.42 Å². The van der Waals surface area contributed by atoms with Gasteiger partial charge in [0, 0.05) is 29.3 Å². The second-order valence-electron chi connectivity index (χ2n) is 5.27. The van der Waals surface area contributed by atoms with Gasteiger partial charge >= 0.3 is 5.76 Å². The van der Waals surface area contributed by atoms with Crippen LogP contribution in [-0.4, -0.2) is 24.5 Å². The fraction of sp³-hybridized carbons (Fsp3) is 0.286. The van der Waals surface area contributed by atoms with Gasteiger partial charge in [-0.15, -0.1) is 5.10 Å². The normalized spacial score (nSPS) is 14.5. The molecule has 1 aliphatic carbocycles. The second kappa shape index (κ2) is 4.91. The number of aromatic nitrogens is 5. The van der Waals surface area contributed by atoms with E-state index in [1.807, 2.05) is 18.2 Å². The molecule has 0 bridgehead atoms.